The van der Waals surface area contributed by atoms with Crippen LogP contribution in [0.25, 0.3) is 10.3 Å². The van der Waals surface area contributed by atoms with Gasteiger partial charge < -0.3 is 10.0 Å². The standard InChI is InChI=1S/C21H24ClN5O3S/c1-21(2,3)27-17-16(15(25-27)19(30)26-9-5-8-14(28)11-26)31-20(23-17)24-18(29)12-6-4-7-13(22)10-12/h4,6-7,10,14,28H,5,8-9,11H2,1-3H3,(H,23,24,29). The lowest BCUT2D eigenvalue weighted by atomic mass is 10.1. The van der Waals surface area contributed by atoms with Crippen molar-refractivity contribution in [1.82, 2.24) is 19.7 Å². The van der Waals surface area contributed by atoms with Crippen LogP contribution in [-0.4, -0.2) is 55.8 Å². The third-order valence-corrected chi connectivity index (χ3v) is 6.26. The van der Waals surface area contributed by atoms with Crippen LogP contribution in [0, 0.1) is 0 Å². The molecule has 1 aromatic carbocycles. The van der Waals surface area contributed by atoms with E-state index in [0.717, 1.165) is 6.42 Å². The van der Waals surface area contributed by atoms with Gasteiger partial charge in [0, 0.05) is 23.7 Å². The van der Waals surface area contributed by atoms with Gasteiger partial charge in [0.15, 0.2) is 16.5 Å². The highest BCUT2D eigenvalue weighted by Gasteiger charge is 2.31. The fraction of sp³-hybridized carbons (Fsp3) is 0.429. The zero-order valence-electron chi connectivity index (χ0n) is 17.6. The number of nitrogens with one attached hydrogen (secondary N) is 1. The third kappa shape index (κ3) is 4.44. The van der Waals surface area contributed by atoms with Gasteiger partial charge in [-0.25, -0.2) is 4.68 Å². The van der Waals surface area contributed by atoms with E-state index < -0.39 is 11.6 Å². The maximum Gasteiger partial charge on any atom is 0.276 e. The molecule has 4 rings (SSSR count). The summed E-state index contributed by atoms with van der Waals surface area (Å²) >= 11 is 7.20. The first-order chi connectivity index (χ1) is 14.6. The molecule has 31 heavy (non-hydrogen) atoms. The number of rotatable bonds is 3. The molecule has 2 amide bonds. The molecule has 1 unspecified atom stereocenters. The number of amides is 2. The molecular weight excluding hydrogens is 438 g/mol. The first-order valence-electron chi connectivity index (χ1n) is 10.1. The van der Waals surface area contributed by atoms with E-state index in [9.17, 15) is 14.7 Å². The highest BCUT2D eigenvalue weighted by Crippen LogP contribution is 2.33. The Bertz CT molecular complexity index is 1150. The lowest BCUT2D eigenvalue weighted by molar-refractivity contribution is 0.0469. The van der Waals surface area contributed by atoms with Gasteiger partial charge >= 0.3 is 0 Å². The van der Waals surface area contributed by atoms with Crippen molar-refractivity contribution in [1.29, 1.82) is 0 Å². The number of thiazole rings is 1. The number of nitrogens with zero attached hydrogens (tertiary/aromatic N) is 4. The van der Waals surface area contributed by atoms with Crippen LogP contribution in [-0.2, 0) is 5.54 Å². The molecule has 10 heteroatoms. The van der Waals surface area contributed by atoms with Gasteiger partial charge in [-0.05, 0) is 51.8 Å². The van der Waals surface area contributed by atoms with Crippen molar-refractivity contribution >= 4 is 50.2 Å². The van der Waals surface area contributed by atoms with Crippen LogP contribution >= 0.6 is 22.9 Å². The molecule has 0 aliphatic carbocycles. The normalized spacial score (nSPS) is 17.2. The van der Waals surface area contributed by atoms with E-state index >= 15 is 0 Å². The van der Waals surface area contributed by atoms with Crippen LogP contribution < -0.4 is 5.32 Å². The average Bonchev–Trinajstić information content (AvgIpc) is 3.25. The van der Waals surface area contributed by atoms with Gasteiger partial charge in [0.2, 0.25) is 0 Å². The Balaban J connectivity index is 1.70. The molecule has 0 radical (unpaired) electrons. The molecule has 2 aromatic heterocycles. The van der Waals surface area contributed by atoms with E-state index in [2.05, 4.69) is 15.4 Å². The molecule has 164 valence electrons. The number of benzene rings is 1. The van der Waals surface area contributed by atoms with Crippen LogP contribution in [0.4, 0.5) is 5.13 Å². The number of hydrogen-bond acceptors (Lipinski definition) is 6. The van der Waals surface area contributed by atoms with Crippen LogP contribution in [0.5, 0.6) is 0 Å². The maximum atomic E-state index is 13.2. The predicted molar refractivity (Wildman–Crippen MR) is 121 cm³/mol. The fourth-order valence-corrected chi connectivity index (χ4v) is 4.66. The van der Waals surface area contributed by atoms with Crippen LogP contribution in [0.3, 0.4) is 0 Å². The largest absolute Gasteiger partial charge is 0.391 e. The summed E-state index contributed by atoms with van der Waals surface area (Å²) < 4.78 is 2.32. The molecule has 1 atom stereocenters. The number of carbonyl (C=O) groups excluding carboxylic acids is 2. The minimum Gasteiger partial charge on any atom is -0.391 e. The van der Waals surface area contributed by atoms with Crippen molar-refractivity contribution in [3.63, 3.8) is 0 Å². The van der Waals surface area contributed by atoms with E-state index in [1.165, 1.54) is 11.3 Å². The Labute approximate surface area is 188 Å². The second-order valence-electron chi connectivity index (χ2n) is 8.61. The summed E-state index contributed by atoms with van der Waals surface area (Å²) in [6, 6.07) is 6.65. The van der Waals surface area contributed by atoms with Crippen LogP contribution in [0.15, 0.2) is 24.3 Å². The van der Waals surface area contributed by atoms with Gasteiger partial charge in [-0.3, -0.25) is 14.9 Å². The second-order valence-corrected chi connectivity index (χ2v) is 10.1. The number of halogens is 1. The molecule has 1 aliphatic rings. The lowest BCUT2D eigenvalue weighted by Gasteiger charge is -2.29. The Morgan fingerprint density at radius 3 is 2.77 bits per heavy atom. The van der Waals surface area contributed by atoms with Crippen LogP contribution in [0.2, 0.25) is 5.02 Å². The van der Waals surface area contributed by atoms with E-state index in [0.29, 0.717) is 51.3 Å². The van der Waals surface area contributed by atoms with Gasteiger partial charge in [-0.2, -0.15) is 10.1 Å². The van der Waals surface area contributed by atoms with Gasteiger partial charge in [0.05, 0.1) is 11.6 Å². The molecule has 0 saturated carbocycles. The molecule has 1 fully saturated rings. The Kier molecular flexibility index (Phi) is 5.76. The number of likely N-dealkylation sites (tertiary alicyclic amines) is 1. The zero-order valence-corrected chi connectivity index (χ0v) is 19.1. The Hall–Kier alpha value is -2.49. The van der Waals surface area contributed by atoms with Gasteiger partial charge in [0.1, 0.15) is 4.70 Å². The SMILES string of the molecule is CC(C)(C)n1nc(C(=O)N2CCCC(O)C2)c2sc(NC(=O)c3cccc(Cl)c3)nc21. The number of aliphatic hydroxyl groups is 1. The first-order valence-corrected chi connectivity index (χ1v) is 11.3. The molecule has 3 aromatic rings. The highest BCUT2D eigenvalue weighted by molar-refractivity contribution is 7.22. The number of aromatic nitrogens is 3. The first kappa shape index (κ1) is 21.7. The predicted octanol–water partition coefficient (Wildman–Crippen LogP) is 3.75. The van der Waals surface area contributed by atoms with Crippen molar-refractivity contribution in [3.8, 4) is 0 Å². The monoisotopic (exact) mass is 461 g/mol. The number of carbonyl (C=O) groups is 2. The van der Waals surface area contributed by atoms with Crippen molar-refractivity contribution < 1.29 is 14.7 Å². The van der Waals surface area contributed by atoms with Crippen molar-refractivity contribution in [2.45, 2.75) is 45.3 Å². The van der Waals surface area contributed by atoms with Gasteiger partial charge in [-0.15, -0.1) is 0 Å². The van der Waals surface area contributed by atoms with Crippen molar-refractivity contribution in [3.05, 3.63) is 40.5 Å². The molecule has 1 saturated heterocycles. The van der Waals surface area contributed by atoms with Crippen LogP contribution in [0.1, 0.15) is 54.5 Å². The minimum atomic E-state index is -0.521. The number of anilines is 1. The Morgan fingerprint density at radius 1 is 1.32 bits per heavy atom. The van der Waals surface area contributed by atoms with Crippen molar-refractivity contribution in [2.75, 3.05) is 18.4 Å². The summed E-state index contributed by atoms with van der Waals surface area (Å²) in [6.07, 6.45) is 0.919. The second kappa shape index (κ2) is 8.22. The number of fused-ring (bicyclic) bond motifs is 1. The number of piperidine rings is 1. The van der Waals surface area contributed by atoms with Gasteiger partial charge in [0.25, 0.3) is 11.8 Å². The number of aliphatic hydroxyl groups excluding tert-OH is 1. The highest BCUT2D eigenvalue weighted by atomic mass is 35.5. The average molecular weight is 462 g/mol. The summed E-state index contributed by atoms with van der Waals surface area (Å²) in [5.74, 6) is -0.565. The summed E-state index contributed by atoms with van der Waals surface area (Å²) in [7, 11) is 0. The summed E-state index contributed by atoms with van der Waals surface area (Å²) in [5, 5.41) is 18.2. The summed E-state index contributed by atoms with van der Waals surface area (Å²) in [6.45, 7) is 6.79. The van der Waals surface area contributed by atoms with E-state index in [4.69, 9.17) is 11.6 Å². The Morgan fingerprint density at radius 2 is 2.10 bits per heavy atom. The fourth-order valence-electron chi connectivity index (χ4n) is 3.55. The maximum absolute atomic E-state index is 13.2. The molecule has 0 spiro atoms. The van der Waals surface area contributed by atoms with Gasteiger partial charge in [-0.1, -0.05) is 29.0 Å². The summed E-state index contributed by atoms with van der Waals surface area (Å²) in [5.41, 5.74) is 0.836. The molecule has 2 N–H and O–H groups in total. The number of β-amino-alcohol motifs (C(OH)–C–C–N with tert-alkyl or cyclic N) is 1. The number of hydrogen-bond donors (Lipinski definition) is 2. The molecule has 1 aliphatic heterocycles. The topological polar surface area (TPSA) is 100 Å². The van der Waals surface area contributed by atoms with E-state index in [1.54, 1.807) is 33.8 Å². The summed E-state index contributed by atoms with van der Waals surface area (Å²) in [4.78, 5) is 32.0. The van der Waals surface area contributed by atoms with E-state index in [-0.39, 0.29) is 11.8 Å². The quantitative estimate of drug-likeness (QED) is 0.618. The zero-order chi connectivity index (χ0) is 22.3. The molecular formula is C21H24ClN5O3S. The molecule has 0 bridgehead atoms. The van der Waals surface area contributed by atoms with E-state index in [1.807, 2.05) is 20.8 Å². The lowest BCUT2D eigenvalue weighted by Crippen LogP contribution is -2.42. The molecule has 8 nitrogen and oxygen atoms in total. The molecule has 3 heterocycles. The minimum absolute atomic E-state index is 0.233. The third-order valence-electron chi connectivity index (χ3n) is 5.05. The smallest absolute Gasteiger partial charge is 0.276 e. The van der Waals surface area contributed by atoms with Crippen molar-refractivity contribution in [2.24, 2.45) is 0 Å².